The van der Waals surface area contributed by atoms with Gasteiger partial charge in [0.1, 0.15) is 17.1 Å². The molecule has 0 unspecified atom stereocenters. The molecule has 2 aromatic rings. The monoisotopic (exact) mass is 370 g/mol. The maximum Gasteiger partial charge on any atom is 0.258 e. The van der Waals surface area contributed by atoms with Crippen LogP contribution in [0.4, 0.5) is 0 Å². The summed E-state index contributed by atoms with van der Waals surface area (Å²) in [6.07, 6.45) is 2.81. The molecule has 0 radical (unpaired) electrons. The number of hydrogen-bond acceptors (Lipinski definition) is 5. The number of carbonyl (C=O) groups is 2. The number of β-lactam (4-membered cyclic amide) rings is 1. The fraction of sp³-hybridized carbons (Fsp3) is 0.474. The predicted octanol–water partition coefficient (Wildman–Crippen LogP) is 0.745. The van der Waals surface area contributed by atoms with Gasteiger partial charge in [0.15, 0.2) is 0 Å². The van der Waals surface area contributed by atoms with Crippen molar-refractivity contribution in [2.75, 3.05) is 20.2 Å². The number of piperidine rings is 1. The van der Waals surface area contributed by atoms with E-state index in [-0.39, 0.29) is 29.3 Å². The van der Waals surface area contributed by atoms with Crippen LogP contribution in [-0.2, 0) is 16.0 Å². The Morgan fingerprint density at radius 3 is 2.70 bits per heavy atom. The SMILES string of the molecule is COc1cccc2c(=O)[nH]c(CCC(=O)N3CCC4(CC3)CC(=O)N4)nc12. The molecule has 0 aliphatic carbocycles. The molecule has 3 heterocycles. The minimum absolute atomic E-state index is 0.0401. The molecule has 2 N–H and O–H groups in total. The van der Waals surface area contributed by atoms with Gasteiger partial charge in [-0.2, -0.15) is 0 Å². The number of hydrogen-bond donors (Lipinski definition) is 2. The smallest absolute Gasteiger partial charge is 0.258 e. The van der Waals surface area contributed by atoms with Gasteiger partial charge in [0.25, 0.3) is 5.56 Å². The Morgan fingerprint density at radius 2 is 2.04 bits per heavy atom. The molecule has 1 spiro atoms. The minimum Gasteiger partial charge on any atom is -0.494 e. The Labute approximate surface area is 155 Å². The fourth-order valence-electron chi connectivity index (χ4n) is 3.92. The topological polar surface area (TPSA) is 104 Å². The molecule has 8 nitrogen and oxygen atoms in total. The van der Waals surface area contributed by atoms with Crippen molar-refractivity contribution >= 4 is 22.7 Å². The molecule has 0 bridgehead atoms. The number of benzene rings is 1. The fourth-order valence-corrected chi connectivity index (χ4v) is 3.92. The number of likely N-dealkylation sites (tertiary alicyclic amines) is 1. The number of nitrogens with zero attached hydrogens (tertiary/aromatic N) is 2. The van der Waals surface area contributed by atoms with E-state index in [1.165, 1.54) is 7.11 Å². The van der Waals surface area contributed by atoms with Crippen molar-refractivity contribution < 1.29 is 14.3 Å². The lowest BCUT2D eigenvalue weighted by atomic mass is 9.78. The van der Waals surface area contributed by atoms with Crippen molar-refractivity contribution in [1.82, 2.24) is 20.2 Å². The van der Waals surface area contributed by atoms with Crippen LogP contribution < -0.4 is 15.6 Å². The number of aryl methyl sites for hydroxylation is 1. The number of para-hydroxylation sites is 1. The van der Waals surface area contributed by atoms with Gasteiger partial charge in [0, 0.05) is 32.4 Å². The molecule has 27 heavy (non-hydrogen) atoms. The summed E-state index contributed by atoms with van der Waals surface area (Å²) < 4.78 is 5.28. The molecule has 8 heteroatoms. The Balaban J connectivity index is 1.41. The number of methoxy groups -OCH3 is 1. The number of aromatic nitrogens is 2. The first-order chi connectivity index (χ1) is 13.0. The maximum atomic E-state index is 12.5. The molecule has 142 valence electrons. The van der Waals surface area contributed by atoms with Gasteiger partial charge in [-0.1, -0.05) is 6.07 Å². The largest absolute Gasteiger partial charge is 0.494 e. The zero-order chi connectivity index (χ0) is 19.0. The lowest BCUT2D eigenvalue weighted by molar-refractivity contribution is -0.138. The van der Waals surface area contributed by atoms with E-state index in [2.05, 4.69) is 15.3 Å². The van der Waals surface area contributed by atoms with Crippen molar-refractivity contribution in [3.63, 3.8) is 0 Å². The Bertz CT molecular complexity index is 950. The van der Waals surface area contributed by atoms with E-state index in [0.717, 1.165) is 12.8 Å². The third-order valence-electron chi connectivity index (χ3n) is 5.52. The van der Waals surface area contributed by atoms with Crippen LogP contribution in [0.5, 0.6) is 5.75 Å². The van der Waals surface area contributed by atoms with Crippen LogP contribution in [-0.4, -0.2) is 52.4 Å². The first-order valence-corrected chi connectivity index (χ1v) is 9.14. The number of aromatic amines is 1. The highest BCUT2D eigenvalue weighted by Crippen LogP contribution is 2.32. The molecular weight excluding hydrogens is 348 g/mol. The predicted molar refractivity (Wildman–Crippen MR) is 98.5 cm³/mol. The average Bonchev–Trinajstić information content (AvgIpc) is 2.65. The highest BCUT2D eigenvalue weighted by Gasteiger charge is 2.45. The quantitative estimate of drug-likeness (QED) is 0.773. The standard InChI is InChI=1S/C19H22N4O4/c1-27-13-4-2-3-12-17(13)20-14(21-18(12)26)5-6-16(25)23-9-7-19(8-10-23)11-15(24)22-19/h2-4H,5-11H2,1H3,(H,22,24)(H,20,21,26). The maximum absolute atomic E-state index is 12.5. The molecule has 2 saturated heterocycles. The van der Waals surface area contributed by atoms with Crippen molar-refractivity contribution in [1.29, 1.82) is 0 Å². The number of H-pyrrole nitrogens is 1. The van der Waals surface area contributed by atoms with Crippen LogP contribution in [0.2, 0.25) is 0 Å². The van der Waals surface area contributed by atoms with E-state index >= 15 is 0 Å². The van der Waals surface area contributed by atoms with Gasteiger partial charge in [-0.3, -0.25) is 14.4 Å². The number of ether oxygens (including phenoxy) is 1. The first-order valence-electron chi connectivity index (χ1n) is 9.14. The molecule has 2 fully saturated rings. The van der Waals surface area contributed by atoms with Crippen molar-refractivity contribution in [3.8, 4) is 5.75 Å². The summed E-state index contributed by atoms with van der Waals surface area (Å²) >= 11 is 0. The van der Waals surface area contributed by atoms with Gasteiger partial charge >= 0.3 is 0 Å². The molecule has 1 aromatic carbocycles. The van der Waals surface area contributed by atoms with E-state index in [4.69, 9.17) is 4.74 Å². The number of fused-ring (bicyclic) bond motifs is 1. The molecule has 0 saturated carbocycles. The number of nitrogens with one attached hydrogen (secondary N) is 2. The van der Waals surface area contributed by atoms with Gasteiger partial charge in [-0.05, 0) is 25.0 Å². The summed E-state index contributed by atoms with van der Waals surface area (Å²) in [6.45, 7) is 1.29. The Morgan fingerprint density at radius 1 is 1.30 bits per heavy atom. The molecular formula is C19H22N4O4. The second kappa shape index (κ2) is 6.68. The zero-order valence-corrected chi connectivity index (χ0v) is 15.2. The average molecular weight is 370 g/mol. The van der Waals surface area contributed by atoms with Crippen LogP contribution in [0, 0.1) is 0 Å². The summed E-state index contributed by atoms with van der Waals surface area (Å²) in [5.41, 5.74) is 0.184. The van der Waals surface area contributed by atoms with Crippen LogP contribution in [0.1, 0.15) is 31.5 Å². The van der Waals surface area contributed by atoms with Crippen LogP contribution >= 0.6 is 0 Å². The van der Waals surface area contributed by atoms with E-state index < -0.39 is 0 Å². The van der Waals surface area contributed by atoms with Gasteiger partial charge in [-0.15, -0.1) is 0 Å². The summed E-state index contributed by atoms with van der Waals surface area (Å²) in [5.74, 6) is 1.15. The van der Waals surface area contributed by atoms with Crippen molar-refractivity contribution in [2.24, 2.45) is 0 Å². The lowest BCUT2D eigenvalue weighted by Crippen LogP contribution is -2.65. The molecule has 2 amide bonds. The third kappa shape index (κ3) is 3.27. The van der Waals surface area contributed by atoms with Gasteiger partial charge < -0.3 is 19.9 Å². The second-order valence-corrected chi connectivity index (χ2v) is 7.26. The highest BCUT2D eigenvalue weighted by atomic mass is 16.5. The molecule has 1 aromatic heterocycles. The Kier molecular flexibility index (Phi) is 4.33. The molecule has 2 aliphatic rings. The number of amides is 2. The van der Waals surface area contributed by atoms with E-state index in [0.29, 0.717) is 48.4 Å². The number of rotatable bonds is 4. The third-order valence-corrected chi connectivity index (χ3v) is 5.52. The van der Waals surface area contributed by atoms with Crippen LogP contribution in [0.15, 0.2) is 23.0 Å². The van der Waals surface area contributed by atoms with Crippen LogP contribution in [0.25, 0.3) is 10.9 Å². The summed E-state index contributed by atoms with van der Waals surface area (Å²) in [6, 6.07) is 5.20. The minimum atomic E-state index is -0.234. The normalized spacial score (nSPS) is 18.3. The van der Waals surface area contributed by atoms with Crippen molar-refractivity contribution in [3.05, 3.63) is 34.4 Å². The number of carbonyl (C=O) groups excluding carboxylic acids is 2. The summed E-state index contributed by atoms with van der Waals surface area (Å²) in [4.78, 5) is 45.0. The highest BCUT2D eigenvalue weighted by molar-refractivity contribution is 5.85. The summed E-state index contributed by atoms with van der Waals surface area (Å²) in [5, 5.41) is 3.44. The molecule has 0 atom stereocenters. The van der Waals surface area contributed by atoms with Crippen molar-refractivity contribution in [2.45, 2.75) is 37.6 Å². The van der Waals surface area contributed by atoms with Gasteiger partial charge in [0.2, 0.25) is 11.8 Å². The van der Waals surface area contributed by atoms with E-state index in [1.807, 2.05) is 4.90 Å². The zero-order valence-electron chi connectivity index (χ0n) is 15.2. The molecule has 2 aliphatic heterocycles. The van der Waals surface area contributed by atoms with Crippen LogP contribution in [0.3, 0.4) is 0 Å². The van der Waals surface area contributed by atoms with E-state index in [9.17, 15) is 14.4 Å². The molecule has 4 rings (SSSR count). The van der Waals surface area contributed by atoms with Gasteiger partial charge in [0.05, 0.1) is 18.0 Å². The first kappa shape index (κ1) is 17.5. The Hall–Kier alpha value is -2.90. The van der Waals surface area contributed by atoms with Gasteiger partial charge in [-0.25, -0.2) is 4.98 Å². The van der Waals surface area contributed by atoms with E-state index in [1.54, 1.807) is 18.2 Å². The second-order valence-electron chi connectivity index (χ2n) is 7.26. The summed E-state index contributed by atoms with van der Waals surface area (Å²) in [7, 11) is 1.54. The lowest BCUT2D eigenvalue weighted by Gasteiger charge is -2.47.